The SMILES string of the molecule is CCC(CN)Sc1ccc(OC)cc1OC. The molecule has 3 nitrogen and oxygen atoms in total. The lowest BCUT2D eigenvalue weighted by atomic mass is 10.3. The Morgan fingerprint density at radius 1 is 1.31 bits per heavy atom. The summed E-state index contributed by atoms with van der Waals surface area (Å²) in [6.45, 7) is 2.82. The fraction of sp³-hybridized carbons (Fsp3) is 0.500. The molecule has 1 unspecified atom stereocenters. The van der Waals surface area contributed by atoms with E-state index in [2.05, 4.69) is 6.92 Å². The van der Waals surface area contributed by atoms with Crippen LogP contribution in [0.2, 0.25) is 0 Å². The van der Waals surface area contributed by atoms with Gasteiger partial charge < -0.3 is 15.2 Å². The molecule has 90 valence electrons. The van der Waals surface area contributed by atoms with Crippen LogP contribution in [0.1, 0.15) is 13.3 Å². The predicted molar refractivity (Wildman–Crippen MR) is 68.5 cm³/mol. The highest BCUT2D eigenvalue weighted by Gasteiger charge is 2.11. The highest BCUT2D eigenvalue weighted by molar-refractivity contribution is 8.00. The molecule has 0 amide bonds. The van der Waals surface area contributed by atoms with E-state index in [1.165, 1.54) is 0 Å². The van der Waals surface area contributed by atoms with Crippen molar-refractivity contribution in [3.8, 4) is 11.5 Å². The Morgan fingerprint density at radius 2 is 2.06 bits per heavy atom. The van der Waals surface area contributed by atoms with Gasteiger partial charge in [0.15, 0.2) is 0 Å². The molecule has 0 fully saturated rings. The molecule has 0 aliphatic carbocycles. The van der Waals surface area contributed by atoms with Crippen molar-refractivity contribution in [2.24, 2.45) is 5.73 Å². The molecule has 0 spiro atoms. The zero-order chi connectivity index (χ0) is 12.0. The zero-order valence-electron chi connectivity index (χ0n) is 10.0. The third-order valence-corrected chi connectivity index (χ3v) is 3.83. The summed E-state index contributed by atoms with van der Waals surface area (Å²) in [7, 11) is 3.32. The Hall–Kier alpha value is -0.870. The van der Waals surface area contributed by atoms with E-state index in [1.807, 2.05) is 18.2 Å². The van der Waals surface area contributed by atoms with Crippen LogP contribution in [0.3, 0.4) is 0 Å². The Labute approximate surface area is 101 Å². The Balaban J connectivity index is 2.86. The lowest BCUT2D eigenvalue weighted by molar-refractivity contribution is 0.387. The summed E-state index contributed by atoms with van der Waals surface area (Å²) in [5.74, 6) is 1.65. The Bertz CT molecular complexity index is 327. The molecule has 0 saturated heterocycles. The van der Waals surface area contributed by atoms with Gasteiger partial charge in [-0.3, -0.25) is 0 Å². The lowest BCUT2D eigenvalue weighted by Gasteiger charge is -2.15. The molecule has 0 radical (unpaired) electrons. The maximum absolute atomic E-state index is 5.69. The van der Waals surface area contributed by atoms with Crippen LogP contribution in [0.25, 0.3) is 0 Å². The molecule has 0 saturated carbocycles. The topological polar surface area (TPSA) is 44.5 Å². The van der Waals surface area contributed by atoms with Crippen LogP contribution >= 0.6 is 11.8 Å². The van der Waals surface area contributed by atoms with Crippen molar-refractivity contribution in [1.29, 1.82) is 0 Å². The smallest absolute Gasteiger partial charge is 0.136 e. The number of hydrogen-bond donors (Lipinski definition) is 1. The van der Waals surface area contributed by atoms with Crippen molar-refractivity contribution in [3.05, 3.63) is 18.2 Å². The molecule has 0 aliphatic rings. The average molecular weight is 241 g/mol. The highest BCUT2D eigenvalue weighted by atomic mass is 32.2. The second-order valence-electron chi connectivity index (χ2n) is 3.40. The minimum absolute atomic E-state index is 0.433. The molecule has 1 aromatic carbocycles. The zero-order valence-corrected chi connectivity index (χ0v) is 10.8. The van der Waals surface area contributed by atoms with Crippen LogP contribution in [0.4, 0.5) is 0 Å². The normalized spacial score (nSPS) is 12.2. The fourth-order valence-corrected chi connectivity index (χ4v) is 2.38. The van der Waals surface area contributed by atoms with Gasteiger partial charge >= 0.3 is 0 Å². The van der Waals surface area contributed by atoms with Crippen LogP contribution in [0, 0.1) is 0 Å². The molecule has 2 N–H and O–H groups in total. The first-order chi connectivity index (χ1) is 7.74. The van der Waals surface area contributed by atoms with E-state index in [0.717, 1.165) is 22.8 Å². The van der Waals surface area contributed by atoms with Gasteiger partial charge in [0.05, 0.1) is 14.2 Å². The van der Waals surface area contributed by atoms with Crippen molar-refractivity contribution < 1.29 is 9.47 Å². The van der Waals surface area contributed by atoms with Gasteiger partial charge in [0, 0.05) is 22.8 Å². The second kappa shape index (κ2) is 6.66. The van der Waals surface area contributed by atoms with Crippen LogP contribution in [-0.4, -0.2) is 26.0 Å². The summed E-state index contributed by atoms with van der Waals surface area (Å²) in [5.41, 5.74) is 5.69. The summed E-state index contributed by atoms with van der Waals surface area (Å²) >= 11 is 1.75. The third-order valence-electron chi connectivity index (χ3n) is 2.38. The van der Waals surface area contributed by atoms with Gasteiger partial charge in [-0.25, -0.2) is 0 Å². The van der Waals surface area contributed by atoms with E-state index >= 15 is 0 Å². The molecule has 0 aromatic heterocycles. The van der Waals surface area contributed by atoms with E-state index in [1.54, 1.807) is 26.0 Å². The minimum atomic E-state index is 0.433. The van der Waals surface area contributed by atoms with E-state index in [-0.39, 0.29) is 0 Å². The standard InChI is InChI=1S/C12H19NO2S/c1-4-10(8-13)16-12-6-5-9(14-2)7-11(12)15-3/h5-7,10H,4,8,13H2,1-3H3. The van der Waals surface area contributed by atoms with Gasteiger partial charge in [-0.15, -0.1) is 11.8 Å². The maximum atomic E-state index is 5.69. The molecule has 1 rings (SSSR count). The van der Waals surface area contributed by atoms with Crippen molar-refractivity contribution in [2.45, 2.75) is 23.5 Å². The van der Waals surface area contributed by atoms with E-state index in [4.69, 9.17) is 15.2 Å². The summed E-state index contributed by atoms with van der Waals surface area (Å²) < 4.78 is 10.5. The number of thioether (sulfide) groups is 1. The van der Waals surface area contributed by atoms with Gasteiger partial charge in [-0.05, 0) is 18.6 Å². The molecule has 0 bridgehead atoms. The van der Waals surface area contributed by atoms with Crippen molar-refractivity contribution in [2.75, 3.05) is 20.8 Å². The first-order valence-electron chi connectivity index (χ1n) is 5.33. The van der Waals surface area contributed by atoms with Gasteiger partial charge in [0.2, 0.25) is 0 Å². The van der Waals surface area contributed by atoms with E-state index in [0.29, 0.717) is 11.8 Å². The number of benzene rings is 1. The molecule has 1 atom stereocenters. The molecule has 16 heavy (non-hydrogen) atoms. The van der Waals surface area contributed by atoms with Crippen molar-refractivity contribution >= 4 is 11.8 Å². The van der Waals surface area contributed by atoms with Crippen molar-refractivity contribution in [3.63, 3.8) is 0 Å². The summed E-state index contributed by atoms with van der Waals surface area (Å²) in [4.78, 5) is 1.11. The number of hydrogen-bond acceptors (Lipinski definition) is 4. The lowest BCUT2D eigenvalue weighted by Crippen LogP contribution is -2.15. The van der Waals surface area contributed by atoms with Gasteiger partial charge in [-0.1, -0.05) is 6.92 Å². The quantitative estimate of drug-likeness (QED) is 0.777. The molecule has 0 heterocycles. The minimum Gasteiger partial charge on any atom is -0.497 e. The number of methoxy groups -OCH3 is 2. The molecule has 4 heteroatoms. The van der Waals surface area contributed by atoms with Gasteiger partial charge in [-0.2, -0.15) is 0 Å². The maximum Gasteiger partial charge on any atom is 0.136 e. The van der Waals surface area contributed by atoms with Crippen LogP contribution < -0.4 is 15.2 Å². The van der Waals surface area contributed by atoms with E-state index in [9.17, 15) is 0 Å². The molecule has 0 aliphatic heterocycles. The van der Waals surface area contributed by atoms with Crippen LogP contribution in [-0.2, 0) is 0 Å². The summed E-state index contributed by atoms with van der Waals surface area (Å²) in [5, 5.41) is 0.433. The summed E-state index contributed by atoms with van der Waals surface area (Å²) in [6.07, 6.45) is 1.05. The van der Waals surface area contributed by atoms with Crippen molar-refractivity contribution in [1.82, 2.24) is 0 Å². The van der Waals surface area contributed by atoms with E-state index < -0.39 is 0 Å². The number of rotatable bonds is 6. The number of nitrogens with two attached hydrogens (primary N) is 1. The molecular formula is C12H19NO2S. The first kappa shape index (κ1) is 13.2. The van der Waals surface area contributed by atoms with Gasteiger partial charge in [0.1, 0.15) is 11.5 Å². The van der Waals surface area contributed by atoms with Gasteiger partial charge in [0.25, 0.3) is 0 Å². The van der Waals surface area contributed by atoms with Crippen LogP contribution in [0.5, 0.6) is 11.5 Å². The average Bonchev–Trinajstić information content (AvgIpc) is 2.35. The Morgan fingerprint density at radius 3 is 2.56 bits per heavy atom. The number of ether oxygens (including phenoxy) is 2. The molecule has 1 aromatic rings. The second-order valence-corrected chi connectivity index (χ2v) is 4.74. The Kier molecular flexibility index (Phi) is 5.49. The third kappa shape index (κ3) is 3.32. The first-order valence-corrected chi connectivity index (χ1v) is 6.21. The molecular weight excluding hydrogens is 222 g/mol. The highest BCUT2D eigenvalue weighted by Crippen LogP contribution is 2.35. The monoisotopic (exact) mass is 241 g/mol. The fourth-order valence-electron chi connectivity index (χ4n) is 1.35. The predicted octanol–water partition coefficient (Wildman–Crippen LogP) is 2.53. The summed E-state index contributed by atoms with van der Waals surface area (Å²) in [6, 6.07) is 5.85. The largest absolute Gasteiger partial charge is 0.497 e. The van der Waals surface area contributed by atoms with Crippen LogP contribution in [0.15, 0.2) is 23.1 Å².